The van der Waals surface area contributed by atoms with Gasteiger partial charge in [0.25, 0.3) is 0 Å². The van der Waals surface area contributed by atoms with Gasteiger partial charge in [-0.25, -0.2) is 9.97 Å². The Balaban J connectivity index is 1.53. The summed E-state index contributed by atoms with van der Waals surface area (Å²) in [6.07, 6.45) is 0.310. The molecule has 2 heterocycles. The van der Waals surface area contributed by atoms with Crippen molar-refractivity contribution in [2.24, 2.45) is 0 Å². The fourth-order valence-corrected chi connectivity index (χ4v) is 4.52. The van der Waals surface area contributed by atoms with Gasteiger partial charge in [-0.3, -0.25) is 4.79 Å². The predicted molar refractivity (Wildman–Crippen MR) is 135 cm³/mol. The summed E-state index contributed by atoms with van der Waals surface area (Å²) in [6, 6.07) is 15.2. The normalized spacial score (nSPS) is 10.7. The van der Waals surface area contributed by atoms with E-state index >= 15 is 0 Å². The zero-order chi connectivity index (χ0) is 23.9. The molecule has 0 saturated carbocycles. The topological polar surface area (TPSA) is 99.1 Å². The van der Waals surface area contributed by atoms with E-state index in [9.17, 15) is 4.79 Å². The minimum atomic E-state index is -0.0972. The van der Waals surface area contributed by atoms with Crippen molar-refractivity contribution >= 4 is 34.1 Å². The van der Waals surface area contributed by atoms with Crippen LogP contribution in [0.25, 0.3) is 22.5 Å². The maximum absolute atomic E-state index is 12.2. The first-order valence-electron chi connectivity index (χ1n) is 10.4. The number of hydrogen-bond acceptors (Lipinski definition) is 9. The van der Waals surface area contributed by atoms with Gasteiger partial charge in [0.05, 0.1) is 19.9 Å². The van der Waals surface area contributed by atoms with Crippen molar-refractivity contribution in [3.63, 3.8) is 0 Å². The Labute approximate surface area is 205 Å². The van der Waals surface area contributed by atoms with E-state index in [1.165, 1.54) is 23.1 Å². The number of thioether (sulfide) groups is 1. The molecular formula is C24H23N5O3S2. The molecule has 34 heavy (non-hydrogen) atoms. The van der Waals surface area contributed by atoms with Gasteiger partial charge in [0.2, 0.25) is 11.1 Å². The number of nitrogens with zero attached hydrogens (tertiary/aromatic N) is 4. The molecule has 0 saturated heterocycles. The Morgan fingerprint density at radius 3 is 2.09 bits per heavy atom. The number of methoxy groups -OCH3 is 2. The second-order valence-corrected chi connectivity index (χ2v) is 9.11. The van der Waals surface area contributed by atoms with Crippen LogP contribution in [0, 0.1) is 6.92 Å². The molecule has 8 nitrogen and oxygen atoms in total. The van der Waals surface area contributed by atoms with E-state index in [2.05, 4.69) is 20.5 Å². The molecule has 0 aliphatic rings. The van der Waals surface area contributed by atoms with Crippen LogP contribution >= 0.6 is 23.1 Å². The van der Waals surface area contributed by atoms with Gasteiger partial charge < -0.3 is 14.8 Å². The van der Waals surface area contributed by atoms with Crippen LogP contribution in [0.2, 0.25) is 0 Å². The van der Waals surface area contributed by atoms with E-state index in [0.717, 1.165) is 28.3 Å². The van der Waals surface area contributed by atoms with E-state index in [-0.39, 0.29) is 5.91 Å². The van der Waals surface area contributed by atoms with Crippen molar-refractivity contribution in [3.8, 4) is 34.0 Å². The van der Waals surface area contributed by atoms with E-state index < -0.39 is 0 Å². The second kappa shape index (κ2) is 11.1. The summed E-state index contributed by atoms with van der Waals surface area (Å²) in [6.45, 7) is 1.89. The highest BCUT2D eigenvalue weighted by atomic mass is 32.2. The Morgan fingerprint density at radius 1 is 0.912 bits per heavy atom. The van der Waals surface area contributed by atoms with E-state index in [1.807, 2.05) is 60.8 Å². The molecule has 0 aliphatic carbocycles. The highest BCUT2D eigenvalue weighted by Gasteiger charge is 2.15. The minimum absolute atomic E-state index is 0.0972. The van der Waals surface area contributed by atoms with Crippen molar-refractivity contribution in [1.82, 2.24) is 20.2 Å². The third kappa shape index (κ3) is 5.89. The van der Waals surface area contributed by atoms with Crippen LogP contribution in [0.3, 0.4) is 0 Å². The molecule has 0 radical (unpaired) electrons. The number of carbonyl (C=O) groups is 1. The SMILES string of the molecule is COc1ccc(-c2nnc(SCCC(=O)Nc3nc(C)cs3)nc2-c2ccc(OC)cc2)cc1. The summed E-state index contributed by atoms with van der Waals surface area (Å²) >= 11 is 2.79. The summed E-state index contributed by atoms with van der Waals surface area (Å²) in [5.41, 5.74) is 4.01. The zero-order valence-corrected chi connectivity index (χ0v) is 20.6. The number of aryl methyl sites for hydroxylation is 1. The third-order valence-electron chi connectivity index (χ3n) is 4.82. The molecule has 10 heteroatoms. The first-order chi connectivity index (χ1) is 16.6. The molecule has 0 fully saturated rings. The average molecular weight is 494 g/mol. The maximum Gasteiger partial charge on any atom is 0.226 e. The van der Waals surface area contributed by atoms with Gasteiger partial charge in [-0.05, 0) is 55.5 Å². The van der Waals surface area contributed by atoms with Crippen molar-refractivity contribution in [1.29, 1.82) is 0 Å². The predicted octanol–water partition coefficient (Wildman–Crippen LogP) is 5.11. The van der Waals surface area contributed by atoms with Crippen LogP contribution in [0.15, 0.2) is 59.1 Å². The molecule has 1 amide bonds. The Bertz CT molecular complexity index is 1260. The van der Waals surface area contributed by atoms with Crippen LogP contribution in [0.1, 0.15) is 12.1 Å². The van der Waals surface area contributed by atoms with Crippen LogP contribution < -0.4 is 14.8 Å². The molecule has 2 aromatic carbocycles. The number of aromatic nitrogens is 4. The maximum atomic E-state index is 12.2. The summed E-state index contributed by atoms with van der Waals surface area (Å²) in [4.78, 5) is 21.2. The number of ether oxygens (including phenoxy) is 2. The molecule has 0 unspecified atom stereocenters. The number of anilines is 1. The largest absolute Gasteiger partial charge is 0.497 e. The molecule has 1 N–H and O–H groups in total. The van der Waals surface area contributed by atoms with Gasteiger partial charge in [0.1, 0.15) is 22.9 Å². The fourth-order valence-electron chi connectivity index (χ4n) is 3.09. The fraction of sp³-hybridized carbons (Fsp3) is 0.208. The van der Waals surface area contributed by atoms with Gasteiger partial charge in [-0.15, -0.1) is 21.5 Å². The van der Waals surface area contributed by atoms with E-state index in [4.69, 9.17) is 14.5 Å². The Morgan fingerprint density at radius 2 is 1.53 bits per heavy atom. The molecular weight excluding hydrogens is 470 g/mol. The minimum Gasteiger partial charge on any atom is -0.497 e. The lowest BCUT2D eigenvalue weighted by Gasteiger charge is -2.10. The molecule has 4 rings (SSSR count). The molecule has 174 valence electrons. The number of rotatable bonds is 9. The number of hydrogen-bond donors (Lipinski definition) is 1. The van der Waals surface area contributed by atoms with Crippen molar-refractivity contribution in [2.45, 2.75) is 18.5 Å². The van der Waals surface area contributed by atoms with Crippen LogP contribution in [-0.4, -0.2) is 46.0 Å². The van der Waals surface area contributed by atoms with Crippen molar-refractivity contribution < 1.29 is 14.3 Å². The molecule has 0 aliphatic heterocycles. The number of amides is 1. The monoisotopic (exact) mass is 493 g/mol. The van der Waals surface area contributed by atoms with Gasteiger partial charge in [-0.1, -0.05) is 11.8 Å². The van der Waals surface area contributed by atoms with Gasteiger partial charge in [0, 0.05) is 28.7 Å². The highest BCUT2D eigenvalue weighted by Crippen LogP contribution is 2.32. The smallest absolute Gasteiger partial charge is 0.226 e. The standard InChI is InChI=1S/C24H23N5O3S2/c1-15-14-34-23(25-15)26-20(30)12-13-33-24-27-21(16-4-8-18(31-2)9-5-16)22(28-29-24)17-6-10-19(32-3)11-7-17/h4-11,14H,12-13H2,1-3H3,(H,25,26,30). The lowest BCUT2D eigenvalue weighted by Crippen LogP contribution is -2.12. The number of benzene rings is 2. The molecule has 0 atom stereocenters. The van der Waals surface area contributed by atoms with Crippen molar-refractivity contribution in [3.05, 3.63) is 59.6 Å². The molecule has 2 aromatic heterocycles. The first kappa shape index (κ1) is 23.7. The number of nitrogens with one attached hydrogen (secondary N) is 1. The zero-order valence-electron chi connectivity index (χ0n) is 18.9. The van der Waals surface area contributed by atoms with Gasteiger partial charge in [0.15, 0.2) is 5.13 Å². The molecule has 0 bridgehead atoms. The summed E-state index contributed by atoms with van der Waals surface area (Å²) in [5.74, 6) is 1.93. The van der Waals surface area contributed by atoms with Crippen LogP contribution in [0.5, 0.6) is 11.5 Å². The second-order valence-electron chi connectivity index (χ2n) is 7.19. The van der Waals surface area contributed by atoms with E-state index in [0.29, 0.717) is 33.8 Å². The first-order valence-corrected chi connectivity index (χ1v) is 12.3. The quantitative estimate of drug-likeness (QED) is 0.321. The van der Waals surface area contributed by atoms with E-state index in [1.54, 1.807) is 14.2 Å². The van der Waals surface area contributed by atoms with Gasteiger partial charge >= 0.3 is 0 Å². The summed E-state index contributed by atoms with van der Waals surface area (Å²) < 4.78 is 10.5. The number of carbonyl (C=O) groups excluding carboxylic acids is 1. The van der Waals surface area contributed by atoms with Crippen molar-refractivity contribution in [2.75, 3.05) is 25.3 Å². The summed E-state index contributed by atoms with van der Waals surface area (Å²) in [7, 11) is 3.26. The lowest BCUT2D eigenvalue weighted by molar-refractivity contribution is -0.115. The third-order valence-corrected chi connectivity index (χ3v) is 6.53. The number of thiazole rings is 1. The van der Waals surface area contributed by atoms with Crippen LogP contribution in [-0.2, 0) is 4.79 Å². The highest BCUT2D eigenvalue weighted by molar-refractivity contribution is 7.99. The molecule has 4 aromatic rings. The lowest BCUT2D eigenvalue weighted by atomic mass is 10.0. The van der Waals surface area contributed by atoms with Gasteiger partial charge in [-0.2, -0.15) is 0 Å². The van der Waals surface area contributed by atoms with Crippen LogP contribution in [0.4, 0.5) is 5.13 Å². The Kier molecular flexibility index (Phi) is 7.71. The Hall–Kier alpha value is -3.50. The molecule has 0 spiro atoms. The average Bonchev–Trinajstić information content (AvgIpc) is 3.28. The summed E-state index contributed by atoms with van der Waals surface area (Å²) in [5, 5.41) is 14.6.